The molecule has 0 amide bonds. The van der Waals surface area contributed by atoms with Gasteiger partial charge < -0.3 is 10.8 Å². The van der Waals surface area contributed by atoms with Gasteiger partial charge >= 0.3 is 0 Å². The maximum atomic E-state index is 13.1. The van der Waals surface area contributed by atoms with Crippen molar-refractivity contribution in [1.82, 2.24) is 0 Å². The number of hydrogen-bond donors (Lipinski definition) is 2. The van der Waals surface area contributed by atoms with Gasteiger partial charge in [0.2, 0.25) is 0 Å². The Bertz CT molecular complexity index is 305. The number of rotatable bonds is 3. The van der Waals surface area contributed by atoms with Crippen LogP contribution in [0.25, 0.3) is 0 Å². The van der Waals surface area contributed by atoms with Gasteiger partial charge in [-0.2, -0.15) is 0 Å². The molecule has 0 heterocycles. The second-order valence-corrected chi connectivity index (χ2v) is 3.23. The lowest BCUT2D eigenvalue weighted by atomic mass is 10.0. The molecular formula is C10H13F2NO. The monoisotopic (exact) mass is 201 g/mol. The van der Waals surface area contributed by atoms with E-state index in [1.165, 1.54) is 19.1 Å². The van der Waals surface area contributed by atoms with Gasteiger partial charge in [0.05, 0.1) is 0 Å². The molecule has 0 saturated carbocycles. The van der Waals surface area contributed by atoms with Crippen molar-refractivity contribution in [1.29, 1.82) is 0 Å². The Balaban J connectivity index is 3.00. The molecule has 1 atom stereocenters. The Kier molecular flexibility index (Phi) is 3.55. The first-order valence-corrected chi connectivity index (χ1v) is 4.38. The third-order valence-corrected chi connectivity index (χ3v) is 2.17. The first-order valence-electron chi connectivity index (χ1n) is 4.38. The lowest BCUT2D eigenvalue weighted by Gasteiger charge is -2.11. The molecule has 2 nitrogen and oxygen atoms in total. The van der Waals surface area contributed by atoms with Crippen molar-refractivity contribution in [2.75, 3.05) is 6.61 Å². The van der Waals surface area contributed by atoms with E-state index in [1.807, 2.05) is 0 Å². The van der Waals surface area contributed by atoms with Crippen molar-refractivity contribution in [3.05, 3.63) is 34.9 Å². The SMILES string of the molecule is Cc1c(F)cc(C(N)CCO)cc1F. The van der Waals surface area contributed by atoms with E-state index in [0.717, 1.165) is 0 Å². The van der Waals surface area contributed by atoms with Crippen LogP contribution in [0.3, 0.4) is 0 Å². The van der Waals surface area contributed by atoms with Crippen molar-refractivity contribution in [3.8, 4) is 0 Å². The topological polar surface area (TPSA) is 46.2 Å². The van der Waals surface area contributed by atoms with Gasteiger partial charge in [-0.15, -0.1) is 0 Å². The molecule has 0 saturated heterocycles. The minimum Gasteiger partial charge on any atom is -0.396 e. The van der Waals surface area contributed by atoms with Crippen molar-refractivity contribution >= 4 is 0 Å². The zero-order valence-electron chi connectivity index (χ0n) is 7.93. The molecule has 0 aromatic heterocycles. The summed E-state index contributed by atoms with van der Waals surface area (Å²) in [7, 11) is 0. The Morgan fingerprint density at radius 3 is 2.29 bits per heavy atom. The smallest absolute Gasteiger partial charge is 0.129 e. The van der Waals surface area contributed by atoms with Gasteiger partial charge in [-0.25, -0.2) is 8.78 Å². The van der Waals surface area contributed by atoms with Gasteiger partial charge in [0.15, 0.2) is 0 Å². The van der Waals surface area contributed by atoms with E-state index in [4.69, 9.17) is 10.8 Å². The fourth-order valence-corrected chi connectivity index (χ4v) is 1.18. The van der Waals surface area contributed by atoms with Crippen LogP contribution in [0.5, 0.6) is 0 Å². The predicted octanol–water partition coefficient (Wildman–Crippen LogP) is 1.66. The molecule has 0 aliphatic heterocycles. The number of nitrogens with two attached hydrogens (primary N) is 1. The Labute approximate surface area is 81.4 Å². The van der Waals surface area contributed by atoms with E-state index in [9.17, 15) is 8.78 Å². The molecule has 14 heavy (non-hydrogen) atoms. The summed E-state index contributed by atoms with van der Waals surface area (Å²) in [6, 6.07) is 1.89. The van der Waals surface area contributed by atoms with Crippen LogP contribution in [0.2, 0.25) is 0 Å². The first-order chi connectivity index (χ1) is 6.56. The highest BCUT2D eigenvalue weighted by Gasteiger charge is 2.11. The molecule has 3 N–H and O–H groups in total. The van der Waals surface area contributed by atoms with Gasteiger partial charge in [-0.05, 0) is 31.0 Å². The minimum absolute atomic E-state index is 0.00931. The van der Waals surface area contributed by atoms with E-state index in [-0.39, 0.29) is 12.2 Å². The van der Waals surface area contributed by atoms with Crippen molar-refractivity contribution < 1.29 is 13.9 Å². The predicted molar refractivity (Wildman–Crippen MR) is 49.7 cm³/mol. The highest BCUT2D eigenvalue weighted by molar-refractivity contribution is 5.27. The number of benzene rings is 1. The summed E-state index contributed by atoms with van der Waals surface area (Å²) < 4.78 is 26.2. The van der Waals surface area contributed by atoms with Crippen LogP contribution in [0.4, 0.5) is 8.78 Å². The van der Waals surface area contributed by atoms with Crippen LogP contribution in [0, 0.1) is 18.6 Å². The molecule has 0 spiro atoms. The lowest BCUT2D eigenvalue weighted by Crippen LogP contribution is -2.13. The van der Waals surface area contributed by atoms with Crippen molar-refractivity contribution in [2.45, 2.75) is 19.4 Å². The molecule has 0 fully saturated rings. The van der Waals surface area contributed by atoms with E-state index in [1.54, 1.807) is 0 Å². The summed E-state index contributed by atoms with van der Waals surface area (Å²) in [4.78, 5) is 0. The largest absolute Gasteiger partial charge is 0.396 e. The second-order valence-electron chi connectivity index (χ2n) is 3.23. The zero-order valence-corrected chi connectivity index (χ0v) is 7.93. The molecule has 1 aromatic rings. The third-order valence-electron chi connectivity index (χ3n) is 2.17. The van der Waals surface area contributed by atoms with Crippen LogP contribution in [-0.4, -0.2) is 11.7 Å². The molecule has 1 unspecified atom stereocenters. The maximum absolute atomic E-state index is 13.1. The van der Waals surface area contributed by atoms with Crippen LogP contribution < -0.4 is 5.73 Å². The van der Waals surface area contributed by atoms with E-state index >= 15 is 0 Å². The average molecular weight is 201 g/mol. The number of aliphatic hydroxyl groups excluding tert-OH is 1. The standard InChI is InChI=1S/C10H13F2NO/c1-6-8(11)4-7(5-9(6)12)10(13)2-3-14/h4-5,10,14H,2-3,13H2,1H3. The van der Waals surface area contributed by atoms with Gasteiger partial charge in [0, 0.05) is 18.2 Å². The summed E-state index contributed by atoms with van der Waals surface area (Å²) in [5.74, 6) is -1.21. The quantitative estimate of drug-likeness (QED) is 0.781. The molecule has 0 radical (unpaired) electrons. The number of hydrogen-bond acceptors (Lipinski definition) is 2. The minimum atomic E-state index is -0.603. The molecule has 0 bridgehead atoms. The molecule has 1 aromatic carbocycles. The maximum Gasteiger partial charge on any atom is 0.129 e. The van der Waals surface area contributed by atoms with Crippen LogP contribution >= 0.6 is 0 Å². The van der Waals surface area contributed by atoms with Gasteiger partial charge in [0.1, 0.15) is 11.6 Å². The van der Waals surface area contributed by atoms with Gasteiger partial charge in [-0.1, -0.05) is 0 Å². The Morgan fingerprint density at radius 1 is 1.36 bits per heavy atom. The Hall–Kier alpha value is -1.00. The number of halogens is 2. The Morgan fingerprint density at radius 2 is 1.86 bits per heavy atom. The van der Waals surface area contributed by atoms with Crippen LogP contribution in [-0.2, 0) is 0 Å². The molecule has 1 rings (SSSR count). The molecule has 4 heteroatoms. The first kappa shape index (κ1) is 11.1. The van der Waals surface area contributed by atoms with E-state index in [2.05, 4.69) is 0 Å². The van der Waals surface area contributed by atoms with Gasteiger partial charge in [0.25, 0.3) is 0 Å². The second kappa shape index (κ2) is 4.48. The fraction of sp³-hybridized carbons (Fsp3) is 0.400. The van der Waals surface area contributed by atoms with Crippen molar-refractivity contribution in [2.24, 2.45) is 5.73 Å². The summed E-state index contributed by atoms with van der Waals surface area (Å²) >= 11 is 0. The third kappa shape index (κ3) is 2.27. The highest BCUT2D eigenvalue weighted by atomic mass is 19.1. The summed E-state index contributed by atoms with van der Waals surface area (Å²) in [5, 5.41) is 8.62. The van der Waals surface area contributed by atoms with E-state index < -0.39 is 17.7 Å². The number of aliphatic hydroxyl groups is 1. The van der Waals surface area contributed by atoms with E-state index in [0.29, 0.717) is 12.0 Å². The molecule has 78 valence electrons. The van der Waals surface area contributed by atoms with Crippen LogP contribution in [0.1, 0.15) is 23.6 Å². The van der Waals surface area contributed by atoms with Crippen LogP contribution in [0.15, 0.2) is 12.1 Å². The zero-order chi connectivity index (χ0) is 10.7. The lowest BCUT2D eigenvalue weighted by molar-refractivity contribution is 0.276. The summed E-state index contributed by atoms with van der Waals surface area (Å²) in [6.07, 6.45) is 0.294. The normalized spacial score (nSPS) is 12.9. The molecule has 0 aliphatic carbocycles. The molecule has 0 aliphatic rings. The fourth-order valence-electron chi connectivity index (χ4n) is 1.18. The highest BCUT2D eigenvalue weighted by Crippen LogP contribution is 2.19. The molecular weight excluding hydrogens is 188 g/mol. The van der Waals surface area contributed by atoms with Crippen molar-refractivity contribution in [3.63, 3.8) is 0 Å². The summed E-state index contributed by atoms with van der Waals surface area (Å²) in [6.45, 7) is 1.27. The summed E-state index contributed by atoms with van der Waals surface area (Å²) in [5.41, 5.74) is 5.97. The average Bonchev–Trinajstić information content (AvgIpc) is 2.13. The van der Waals surface area contributed by atoms with Gasteiger partial charge in [-0.3, -0.25) is 0 Å².